The Hall–Kier alpha value is -1.58. The molecule has 1 unspecified atom stereocenters. The number of morpholine rings is 1. The summed E-state index contributed by atoms with van der Waals surface area (Å²) in [6, 6.07) is 2.18. The van der Waals surface area contributed by atoms with E-state index in [1.54, 1.807) is 0 Å². The Bertz CT molecular complexity index is 601. The van der Waals surface area contributed by atoms with E-state index in [0.29, 0.717) is 22.7 Å². The van der Waals surface area contributed by atoms with Crippen molar-refractivity contribution in [3.05, 3.63) is 10.4 Å². The third-order valence-corrected chi connectivity index (χ3v) is 5.37. The molecular formula is C15H19N3O2S. The molecule has 0 aromatic carbocycles. The quantitative estimate of drug-likeness (QED) is 0.864. The molecule has 3 rings (SSSR count). The van der Waals surface area contributed by atoms with E-state index in [1.165, 1.54) is 11.3 Å². The molecule has 1 saturated carbocycles. The number of nitrogens with zero attached hydrogens (tertiary/aromatic N) is 2. The largest absolute Gasteiger partial charge is 0.396 e. The fourth-order valence-corrected chi connectivity index (χ4v) is 3.85. The SMILES string of the molecule is CCC1CN(c2sc(C(=O)C3CC3)c(N)c2C#N)CCO1. The van der Waals surface area contributed by atoms with Crippen LogP contribution in [0.25, 0.3) is 0 Å². The molecule has 0 bridgehead atoms. The molecule has 0 radical (unpaired) electrons. The maximum absolute atomic E-state index is 12.3. The number of carbonyl (C=O) groups excluding carboxylic acids is 1. The van der Waals surface area contributed by atoms with Gasteiger partial charge in [-0.2, -0.15) is 5.26 Å². The highest BCUT2D eigenvalue weighted by Crippen LogP contribution is 2.43. The number of rotatable bonds is 4. The molecule has 1 saturated heterocycles. The first-order valence-corrected chi connectivity index (χ1v) is 8.20. The first-order valence-electron chi connectivity index (χ1n) is 7.38. The highest BCUT2D eigenvalue weighted by Gasteiger charge is 2.35. The number of ether oxygens (including phenoxy) is 1. The lowest BCUT2D eigenvalue weighted by atomic mass is 10.1. The van der Waals surface area contributed by atoms with Crippen LogP contribution in [-0.4, -0.2) is 31.6 Å². The Labute approximate surface area is 128 Å². The number of hydrogen-bond acceptors (Lipinski definition) is 6. The van der Waals surface area contributed by atoms with E-state index >= 15 is 0 Å². The first kappa shape index (κ1) is 14.4. The van der Waals surface area contributed by atoms with E-state index in [2.05, 4.69) is 17.9 Å². The van der Waals surface area contributed by atoms with E-state index in [-0.39, 0.29) is 17.8 Å². The van der Waals surface area contributed by atoms with Crippen LogP contribution in [0, 0.1) is 17.2 Å². The zero-order valence-electron chi connectivity index (χ0n) is 12.1. The van der Waals surface area contributed by atoms with Gasteiger partial charge in [-0.1, -0.05) is 6.92 Å². The zero-order valence-corrected chi connectivity index (χ0v) is 12.9. The summed E-state index contributed by atoms with van der Waals surface area (Å²) in [5.74, 6) is 0.235. The normalized spacial score (nSPS) is 22.1. The van der Waals surface area contributed by atoms with Gasteiger partial charge in [-0.15, -0.1) is 11.3 Å². The Kier molecular flexibility index (Phi) is 3.87. The number of ketones is 1. The number of nitriles is 1. The Morgan fingerprint density at radius 3 is 2.95 bits per heavy atom. The van der Waals surface area contributed by atoms with Gasteiger partial charge in [0.1, 0.15) is 16.6 Å². The molecule has 21 heavy (non-hydrogen) atoms. The van der Waals surface area contributed by atoms with E-state index < -0.39 is 0 Å². The second-order valence-corrected chi connectivity index (χ2v) is 6.62. The number of Topliss-reactive ketones (excluding diaryl/α,β-unsaturated/α-hetero) is 1. The van der Waals surface area contributed by atoms with Gasteiger partial charge in [0.15, 0.2) is 5.78 Å². The lowest BCUT2D eigenvalue weighted by molar-refractivity contribution is 0.0386. The summed E-state index contributed by atoms with van der Waals surface area (Å²) in [4.78, 5) is 15.0. The minimum atomic E-state index is 0.112. The van der Waals surface area contributed by atoms with Crippen molar-refractivity contribution in [3.8, 4) is 6.07 Å². The van der Waals surface area contributed by atoms with Crippen LogP contribution in [0.4, 0.5) is 10.7 Å². The molecule has 1 aromatic heterocycles. The van der Waals surface area contributed by atoms with Crippen LogP contribution in [0.2, 0.25) is 0 Å². The van der Waals surface area contributed by atoms with Gasteiger partial charge in [0.2, 0.25) is 0 Å². The first-order chi connectivity index (χ1) is 10.2. The molecule has 1 aromatic rings. The molecule has 6 heteroatoms. The van der Waals surface area contributed by atoms with Crippen LogP contribution in [0.5, 0.6) is 0 Å². The number of carbonyl (C=O) groups is 1. The molecule has 2 N–H and O–H groups in total. The average Bonchev–Trinajstić information content (AvgIpc) is 3.30. The number of thiophene rings is 1. The number of nitrogen functional groups attached to an aromatic ring is 1. The van der Waals surface area contributed by atoms with E-state index in [4.69, 9.17) is 10.5 Å². The Morgan fingerprint density at radius 2 is 2.33 bits per heavy atom. The van der Waals surface area contributed by atoms with Gasteiger partial charge in [-0.3, -0.25) is 4.79 Å². The topological polar surface area (TPSA) is 79.4 Å². The number of hydrogen-bond donors (Lipinski definition) is 1. The molecule has 0 amide bonds. The lowest BCUT2D eigenvalue weighted by Crippen LogP contribution is -2.42. The second-order valence-electron chi connectivity index (χ2n) is 5.62. The third-order valence-electron chi connectivity index (χ3n) is 4.09. The van der Waals surface area contributed by atoms with Crippen LogP contribution in [0.15, 0.2) is 0 Å². The standard InChI is InChI=1S/C15H19N3O2S/c1-2-10-8-18(5-6-20-10)15-11(7-16)12(17)14(21-15)13(19)9-3-4-9/h9-10H,2-6,8,17H2,1H3. The molecular weight excluding hydrogens is 286 g/mol. The predicted molar refractivity (Wildman–Crippen MR) is 82.7 cm³/mol. The van der Waals surface area contributed by atoms with Gasteiger partial charge in [-0.05, 0) is 19.3 Å². The molecule has 1 atom stereocenters. The molecule has 5 nitrogen and oxygen atoms in total. The smallest absolute Gasteiger partial charge is 0.178 e. The van der Waals surface area contributed by atoms with Crippen molar-refractivity contribution in [2.24, 2.45) is 5.92 Å². The van der Waals surface area contributed by atoms with Crippen LogP contribution in [0.1, 0.15) is 41.4 Å². The maximum Gasteiger partial charge on any atom is 0.178 e. The lowest BCUT2D eigenvalue weighted by Gasteiger charge is -2.33. The van der Waals surface area contributed by atoms with Crippen molar-refractivity contribution < 1.29 is 9.53 Å². The summed E-state index contributed by atoms with van der Waals surface area (Å²) in [6.07, 6.45) is 3.01. The fraction of sp³-hybridized carbons (Fsp3) is 0.600. The zero-order chi connectivity index (χ0) is 15.0. The van der Waals surface area contributed by atoms with Gasteiger partial charge in [-0.25, -0.2) is 0 Å². The van der Waals surface area contributed by atoms with Crippen molar-refractivity contribution >= 4 is 27.8 Å². The maximum atomic E-state index is 12.3. The molecule has 2 aliphatic rings. The predicted octanol–water partition coefficient (Wildman–Crippen LogP) is 2.41. The highest BCUT2D eigenvalue weighted by molar-refractivity contribution is 7.19. The van der Waals surface area contributed by atoms with Gasteiger partial charge >= 0.3 is 0 Å². The third kappa shape index (κ3) is 2.63. The van der Waals surface area contributed by atoms with Crippen molar-refractivity contribution in [1.29, 1.82) is 5.26 Å². The summed E-state index contributed by atoms with van der Waals surface area (Å²) < 4.78 is 5.67. The van der Waals surface area contributed by atoms with Gasteiger partial charge in [0.05, 0.1) is 23.3 Å². The van der Waals surface area contributed by atoms with Gasteiger partial charge < -0.3 is 15.4 Å². The summed E-state index contributed by atoms with van der Waals surface area (Å²) in [7, 11) is 0. The molecule has 1 aliphatic carbocycles. The van der Waals surface area contributed by atoms with Crippen LogP contribution < -0.4 is 10.6 Å². The molecule has 0 spiro atoms. The van der Waals surface area contributed by atoms with E-state index in [0.717, 1.165) is 37.4 Å². The average molecular weight is 305 g/mol. The van der Waals surface area contributed by atoms with E-state index in [9.17, 15) is 10.1 Å². The Morgan fingerprint density at radius 1 is 1.57 bits per heavy atom. The second kappa shape index (κ2) is 5.66. The minimum absolute atomic E-state index is 0.112. The van der Waals surface area contributed by atoms with Crippen molar-refractivity contribution in [3.63, 3.8) is 0 Å². The summed E-state index contributed by atoms with van der Waals surface area (Å²) in [5, 5.41) is 10.2. The summed E-state index contributed by atoms with van der Waals surface area (Å²) >= 11 is 1.38. The van der Waals surface area contributed by atoms with Crippen molar-refractivity contribution in [2.75, 3.05) is 30.3 Å². The Balaban J connectivity index is 1.92. The molecule has 2 fully saturated rings. The minimum Gasteiger partial charge on any atom is -0.396 e. The molecule has 1 aliphatic heterocycles. The van der Waals surface area contributed by atoms with Crippen LogP contribution in [0.3, 0.4) is 0 Å². The molecule has 112 valence electrons. The molecule has 2 heterocycles. The summed E-state index contributed by atoms with van der Waals surface area (Å²) in [5.41, 5.74) is 6.89. The number of nitrogens with two attached hydrogens (primary N) is 1. The van der Waals surface area contributed by atoms with Crippen molar-refractivity contribution in [1.82, 2.24) is 0 Å². The van der Waals surface area contributed by atoms with Gasteiger partial charge in [0.25, 0.3) is 0 Å². The van der Waals surface area contributed by atoms with Crippen LogP contribution in [-0.2, 0) is 4.74 Å². The number of anilines is 2. The fourth-order valence-electron chi connectivity index (χ4n) is 2.63. The van der Waals surface area contributed by atoms with Crippen molar-refractivity contribution in [2.45, 2.75) is 32.3 Å². The van der Waals surface area contributed by atoms with Crippen LogP contribution >= 0.6 is 11.3 Å². The van der Waals surface area contributed by atoms with Gasteiger partial charge in [0, 0.05) is 19.0 Å². The van der Waals surface area contributed by atoms with E-state index in [1.807, 2.05) is 0 Å². The summed E-state index contributed by atoms with van der Waals surface area (Å²) in [6.45, 7) is 4.22. The monoisotopic (exact) mass is 305 g/mol. The highest BCUT2D eigenvalue weighted by atomic mass is 32.1.